The molecular formula is C16H20N2O3. The molecule has 0 radical (unpaired) electrons. The zero-order valence-electron chi connectivity index (χ0n) is 11.9. The van der Waals surface area contributed by atoms with Gasteiger partial charge in [-0.05, 0) is 18.1 Å². The monoisotopic (exact) mass is 288 g/mol. The maximum atomic E-state index is 11.9. The number of aromatic amines is 1. The fourth-order valence-corrected chi connectivity index (χ4v) is 2.56. The van der Waals surface area contributed by atoms with Crippen molar-refractivity contribution in [2.75, 3.05) is 26.4 Å². The van der Waals surface area contributed by atoms with E-state index in [2.05, 4.69) is 16.4 Å². The van der Waals surface area contributed by atoms with Crippen LogP contribution in [0.5, 0.6) is 0 Å². The summed E-state index contributed by atoms with van der Waals surface area (Å²) in [6, 6.07) is 8.13. The molecule has 1 saturated heterocycles. The number of aryl methyl sites for hydroxylation is 1. The van der Waals surface area contributed by atoms with Gasteiger partial charge in [0.25, 0.3) is 0 Å². The van der Waals surface area contributed by atoms with Crippen LogP contribution in [0.2, 0.25) is 0 Å². The molecule has 1 amide bonds. The van der Waals surface area contributed by atoms with Gasteiger partial charge in [-0.15, -0.1) is 0 Å². The molecule has 1 aromatic heterocycles. The highest BCUT2D eigenvalue weighted by atomic mass is 16.6. The second-order valence-electron chi connectivity index (χ2n) is 5.23. The predicted molar refractivity (Wildman–Crippen MR) is 80.2 cm³/mol. The maximum absolute atomic E-state index is 11.9. The fourth-order valence-electron chi connectivity index (χ4n) is 2.56. The molecule has 21 heavy (non-hydrogen) atoms. The highest BCUT2D eigenvalue weighted by molar-refractivity contribution is 5.84. The highest BCUT2D eigenvalue weighted by Crippen LogP contribution is 2.18. The third-order valence-corrected chi connectivity index (χ3v) is 3.71. The number of aromatic nitrogens is 1. The molecule has 5 nitrogen and oxygen atoms in total. The molecule has 2 aromatic rings. The van der Waals surface area contributed by atoms with Crippen LogP contribution in [-0.2, 0) is 20.7 Å². The van der Waals surface area contributed by atoms with E-state index >= 15 is 0 Å². The van der Waals surface area contributed by atoms with Crippen molar-refractivity contribution in [1.29, 1.82) is 0 Å². The van der Waals surface area contributed by atoms with Gasteiger partial charge in [0.2, 0.25) is 5.91 Å². The quantitative estimate of drug-likeness (QED) is 0.879. The molecule has 1 fully saturated rings. The minimum Gasteiger partial charge on any atom is -0.376 e. The van der Waals surface area contributed by atoms with E-state index in [4.69, 9.17) is 9.47 Å². The van der Waals surface area contributed by atoms with Crippen molar-refractivity contribution in [3.8, 4) is 0 Å². The second kappa shape index (κ2) is 6.74. The Morgan fingerprint density at radius 1 is 1.33 bits per heavy atom. The number of nitrogens with one attached hydrogen (secondary N) is 2. The van der Waals surface area contributed by atoms with Crippen molar-refractivity contribution in [2.45, 2.75) is 18.9 Å². The molecule has 2 heterocycles. The van der Waals surface area contributed by atoms with Gasteiger partial charge in [0.15, 0.2) is 0 Å². The van der Waals surface area contributed by atoms with Crippen LogP contribution in [-0.4, -0.2) is 43.4 Å². The number of fused-ring (bicyclic) bond motifs is 1. The molecule has 0 aliphatic carbocycles. The Kier molecular flexibility index (Phi) is 4.52. The average Bonchev–Trinajstić information content (AvgIpc) is 2.95. The summed E-state index contributed by atoms with van der Waals surface area (Å²) in [6.07, 6.45) is 3.18. The fraction of sp³-hybridized carbons (Fsp3) is 0.438. The molecule has 0 unspecified atom stereocenters. The normalized spacial score (nSPS) is 18.8. The topological polar surface area (TPSA) is 63.4 Å². The van der Waals surface area contributed by atoms with Gasteiger partial charge in [0.1, 0.15) is 0 Å². The summed E-state index contributed by atoms with van der Waals surface area (Å²) >= 11 is 0. The molecule has 2 N–H and O–H groups in total. The van der Waals surface area contributed by atoms with E-state index in [0.717, 1.165) is 11.9 Å². The molecule has 5 heteroatoms. The van der Waals surface area contributed by atoms with Crippen molar-refractivity contribution in [1.82, 2.24) is 10.3 Å². The number of carbonyl (C=O) groups is 1. The lowest BCUT2D eigenvalue weighted by atomic mass is 10.1. The molecule has 1 atom stereocenters. The number of carbonyl (C=O) groups excluding carboxylic acids is 1. The first-order chi connectivity index (χ1) is 10.3. The van der Waals surface area contributed by atoms with Gasteiger partial charge in [0, 0.05) is 30.1 Å². The molecule has 1 aliphatic rings. The van der Waals surface area contributed by atoms with E-state index in [1.54, 1.807) is 0 Å². The van der Waals surface area contributed by atoms with E-state index in [9.17, 15) is 4.79 Å². The van der Waals surface area contributed by atoms with Crippen LogP contribution in [0.3, 0.4) is 0 Å². The summed E-state index contributed by atoms with van der Waals surface area (Å²) in [4.78, 5) is 15.1. The van der Waals surface area contributed by atoms with Crippen molar-refractivity contribution in [3.63, 3.8) is 0 Å². The van der Waals surface area contributed by atoms with Gasteiger partial charge in [-0.3, -0.25) is 4.79 Å². The van der Waals surface area contributed by atoms with Gasteiger partial charge in [-0.2, -0.15) is 0 Å². The van der Waals surface area contributed by atoms with Gasteiger partial charge in [-0.25, -0.2) is 0 Å². The maximum Gasteiger partial charge on any atom is 0.220 e. The van der Waals surface area contributed by atoms with Gasteiger partial charge < -0.3 is 19.8 Å². The lowest BCUT2D eigenvalue weighted by Crippen LogP contribution is -2.39. The summed E-state index contributed by atoms with van der Waals surface area (Å²) in [5, 5.41) is 4.10. The predicted octanol–water partition coefficient (Wildman–Crippen LogP) is 1.63. The van der Waals surface area contributed by atoms with Crippen molar-refractivity contribution < 1.29 is 14.3 Å². The van der Waals surface area contributed by atoms with Gasteiger partial charge in [-0.1, -0.05) is 18.2 Å². The van der Waals surface area contributed by atoms with E-state index in [1.807, 2.05) is 24.4 Å². The molecule has 112 valence electrons. The first-order valence-corrected chi connectivity index (χ1v) is 7.34. The number of benzene rings is 1. The number of hydrogen-bond acceptors (Lipinski definition) is 3. The van der Waals surface area contributed by atoms with E-state index in [0.29, 0.717) is 32.8 Å². The number of hydrogen-bond donors (Lipinski definition) is 2. The van der Waals surface area contributed by atoms with Crippen LogP contribution in [0.15, 0.2) is 30.5 Å². The van der Waals surface area contributed by atoms with Crippen LogP contribution in [0, 0.1) is 0 Å². The zero-order valence-corrected chi connectivity index (χ0v) is 11.9. The molecule has 3 rings (SSSR count). The summed E-state index contributed by atoms with van der Waals surface area (Å²) in [6.45, 7) is 2.33. The van der Waals surface area contributed by atoms with Crippen molar-refractivity contribution in [2.24, 2.45) is 0 Å². The third kappa shape index (κ3) is 3.62. The van der Waals surface area contributed by atoms with Crippen molar-refractivity contribution >= 4 is 16.8 Å². The Morgan fingerprint density at radius 3 is 3.10 bits per heavy atom. The smallest absolute Gasteiger partial charge is 0.220 e. The number of ether oxygens (including phenoxy) is 2. The highest BCUT2D eigenvalue weighted by Gasteiger charge is 2.15. The average molecular weight is 288 g/mol. The Balaban J connectivity index is 1.47. The first kappa shape index (κ1) is 14.1. The molecule has 0 saturated carbocycles. The molecule has 0 bridgehead atoms. The lowest BCUT2D eigenvalue weighted by Gasteiger charge is -2.23. The van der Waals surface area contributed by atoms with Crippen LogP contribution in [0.25, 0.3) is 10.9 Å². The number of rotatable bonds is 5. The molecular weight excluding hydrogens is 268 g/mol. The second-order valence-corrected chi connectivity index (χ2v) is 5.23. The summed E-state index contributed by atoms with van der Waals surface area (Å²) in [5.41, 5.74) is 2.29. The van der Waals surface area contributed by atoms with Crippen LogP contribution in [0.1, 0.15) is 12.0 Å². The summed E-state index contributed by atoms with van der Waals surface area (Å²) in [5.74, 6) is 0.0504. The molecule has 1 aromatic carbocycles. The third-order valence-electron chi connectivity index (χ3n) is 3.71. The zero-order chi connectivity index (χ0) is 14.5. The summed E-state index contributed by atoms with van der Waals surface area (Å²) in [7, 11) is 0. The van der Waals surface area contributed by atoms with Crippen LogP contribution < -0.4 is 5.32 Å². The van der Waals surface area contributed by atoms with E-state index < -0.39 is 0 Å². The number of amides is 1. The number of para-hydroxylation sites is 1. The van der Waals surface area contributed by atoms with Crippen molar-refractivity contribution in [3.05, 3.63) is 36.0 Å². The minimum absolute atomic E-state index is 0.0178. The Morgan fingerprint density at radius 2 is 2.24 bits per heavy atom. The van der Waals surface area contributed by atoms with E-state index in [1.165, 1.54) is 10.9 Å². The standard InChI is InChI=1S/C16H20N2O3/c19-16(18-10-13-11-20-7-8-21-13)6-5-12-9-17-15-4-2-1-3-14(12)15/h1-4,9,13,17H,5-8,10-11H2,(H,18,19)/t13-/m1/s1. The SMILES string of the molecule is O=C(CCc1c[nH]c2ccccc12)NC[C@@H]1COCCO1. The first-order valence-electron chi connectivity index (χ1n) is 7.34. The molecule has 1 aliphatic heterocycles. The van der Waals surface area contributed by atoms with E-state index in [-0.39, 0.29) is 12.0 Å². The lowest BCUT2D eigenvalue weighted by molar-refractivity contribution is -0.123. The van der Waals surface area contributed by atoms with Crippen LogP contribution in [0.4, 0.5) is 0 Å². The largest absolute Gasteiger partial charge is 0.376 e. The Hall–Kier alpha value is -1.85. The Labute approximate surface area is 123 Å². The summed E-state index contributed by atoms with van der Waals surface area (Å²) < 4.78 is 10.8. The van der Waals surface area contributed by atoms with Gasteiger partial charge >= 0.3 is 0 Å². The molecule has 0 spiro atoms. The Bertz CT molecular complexity index is 602. The minimum atomic E-state index is -0.0178. The van der Waals surface area contributed by atoms with Gasteiger partial charge in [0.05, 0.1) is 25.9 Å². The van der Waals surface area contributed by atoms with Crippen LogP contribution >= 0.6 is 0 Å². The number of H-pyrrole nitrogens is 1.